The second kappa shape index (κ2) is 8.11. The number of aliphatic imine (C=N–C) groups is 1. The first-order valence-electron chi connectivity index (χ1n) is 6.22. The molecule has 2 aromatic rings. The van der Waals surface area contributed by atoms with E-state index < -0.39 is 0 Å². The van der Waals surface area contributed by atoms with Crippen LogP contribution < -0.4 is 11.1 Å². The molecule has 0 saturated carbocycles. The van der Waals surface area contributed by atoms with Gasteiger partial charge in [0.25, 0.3) is 0 Å². The van der Waals surface area contributed by atoms with E-state index in [0.717, 1.165) is 16.7 Å². The number of methoxy groups -OCH3 is 1. The molecule has 0 fully saturated rings. The lowest BCUT2D eigenvalue weighted by atomic mass is 10.2. The van der Waals surface area contributed by atoms with Crippen LogP contribution in [0.2, 0.25) is 0 Å². The van der Waals surface area contributed by atoms with Crippen molar-refractivity contribution in [2.75, 3.05) is 13.7 Å². The fourth-order valence-corrected chi connectivity index (χ4v) is 1.87. The number of nitrogens with two attached hydrogens (primary N) is 1. The minimum absolute atomic E-state index is 0. The summed E-state index contributed by atoms with van der Waals surface area (Å²) >= 11 is 0. The summed E-state index contributed by atoms with van der Waals surface area (Å²) in [6.45, 7) is 2.99. The van der Waals surface area contributed by atoms with Gasteiger partial charge in [0.15, 0.2) is 5.96 Å². The van der Waals surface area contributed by atoms with Gasteiger partial charge in [-0.1, -0.05) is 18.2 Å². The molecule has 1 heterocycles. The Kier molecular flexibility index (Phi) is 6.80. The van der Waals surface area contributed by atoms with E-state index in [-0.39, 0.29) is 30.0 Å². The Labute approximate surface area is 135 Å². The average molecular weight is 389 g/mol. The highest BCUT2D eigenvalue weighted by atomic mass is 127. The summed E-state index contributed by atoms with van der Waals surface area (Å²) in [7, 11) is 1.65. The van der Waals surface area contributed by atoms with Crippen LogP contribution in [-0.4, -0.2) is 25.7 Å². The van der Waals surface area contributed by atoms with Crippen molar-refractivity contribution in [2.24, 2.45) is 10.7 Å². The predicted octanol–water partition coefficient (Wildman–Crippen LogP) is 2.49. The summed E-state index contributed by atoms with van der Waals surface area (Å²) in [5.41, 5.74) is 6.66. The molecule has 0 radical (unpaired) electrons. The van der Waals surface area contributed by atoms with Gasteiger partial charge in [0, 0.05) is 18.5 Å². The first kappa shape index (κ1) is 16.8. The molecule has 1 atom stereocenters. The van der Waals surface area contributed by atoms with E-state index >= 15 is 0 Å². The summed E-state index contributed by atoms with van der Waals surface area (Å²) < 4.78 is 10.7. The lowest BCUT2D eigenvalue weighted by Gasteiger charge is -2.12. The van der Waals surface area contributed by atoms with Gasteiger partial charge in [0.1, 0.15) is 17.9 Å². The Balaban J connectivity index is 0.00000200. The van der Waals surface area contributed by atoms with Gasteiger partial charge in [-0.25, -0.2) is 4.99 Å². The maximum Gasteiger partial charge on any atom is 0.189 e. The molecule has 0 aliphatic heterocycles. The molecule has 2 rings (SSSR count). The van der Waals surface area contributed by atoms with E-state index in [0.29, 0.717) is 19.1 Å². The van der Waals surface area contributed by atoms with Gasteiger partial charge in [-0.15, -0.1) is 24.0 Å². The van der Waals surface area contributed by atoms with Gasteiger partial charge in [0.05, 0.1) is 6.61 Å². The summed E-state index contributed by atoms with van der Waals surface area (Å²) in [4.78, 5) is 4.25. The molecule has 0 aliphatic carbocycles. The van der Waals surface area contributed by atoms with E-state index in [9.17, 15) is 0 Å². The van der Waals surface area contributed by atoms with Crippen molar-refractivity contribution >= 4 is 40.9 Å². The van der Waals surface area contributed by atoms with Gasteiger partial charge in [-0.05, 0) is 19.1 Å². The monoisotopic (exact) mass is 389 g/mol. The summed E-state index contributed by atoms with van der Waals surface area (Å²) in [5, 5.41) is 4.12. The lowest BCUT2D eigenvalue weighted by molar-refractivity contribution is 0.179. The smallest absolute Gasteiger partial charge is 0.189 e. The summed E-state index contributed by atoms with van der Waals surface area (Å²) in [6.07, 6.45) is 0. The quantitative estimate of drug-likeness (QED) is 0.468. The maximum absolute atomic E-state index is 5.79. The second-order valence-electron chi connectivity index (χ2n) is 4.45. The lowest BCUT2D eigenvalue weighted by Crippen LogP contribution is -2.40. The molecule has 110 valence electrons. The van der Waals surface area contributed by atoms with Crippen LogP contribution >= 0.6 is 24.0 Å². The molecule has 0 bridgehead atoms. The molecule has 0 spiro atoms. The highest BCUT2D eigenvalue weighted by Crippen LogP contribution is 2.19. The number of para-hydroxylation sites is 1. The number of benzene rings is 1. The number of hydrogen-bond acceptors (Lipinski definition) is 3. The van der Waals surface area contributed by atoms with E-state index in [1.807, 2.05) is 37.3 Å². The Hall–Kier alpha value is -1.28. The largest absolute Gasteiger partial charge is 0.459 e. The fourth-order valence-electron chi connectivity index (χ4n) is 1.87. The normalized spacial score (nSPS) is 13.0. The third kappa shape index (κ3) is 4.68. The average Bonchev–Trinajstić information content (AvgIpc) is 2.79. The molecule has 1 aromatic carbocycles. The van der Waals surface area contributed by atoms with Crippen molar-refractivity contribution in [2.45, 2.75) is 19.5 Å². The van der Waals surface area contributed by atoms with Crippen LogP contribution in [0, 0.1) is 0 Å². The second-order valence-corrected chi connectivity index (χ2v) is 4.45. The van der Waals surface area contributed by atoms with Crippen LogP contribution in [0.15, 0.2) is 39.7 Å². The number of furan rings is 1. The molecule has 1 aromatic heterocycles. The third-order valence-electron chi connectivity index (χ3n) is 2.69. The molecule has 1 unspecified atom stereocenters. The van der Waals surface area contributed by atoms with Gasteiger partial charge in [-0.3, -0.25) is 0 Å². The van der Waals surface area contributed by atoms with Crippen LogP contribution in [0.3, 0.4) is 0 Å². The van der Waals surface area contributed by atoms with E-state index in [2.05, 4.69) is 10.3 Å². The highest BCUT2D eigenvalue weighted by molar-refractivity contribution is 14.0. The minimum atomic E-state index is 0. The zero-order valence-corrected chi connectivity index (χ0v) is 14.0. The molecular weight excluding hydrogens is 369 g/mol. The predicted molar refractivity (Wildman–Crippen MR) is 91.4 cm³/mol. The van der Waals surface area contributed by atoms with Crippen molar-refractivity contribution in [3.63, 3.8) is 0 Å². The Morgan fingerprint density at radius 3 is 2.90 bits per heavy atom. The number of rotatable bonds is 5. The number of guanidine groups is 1. The molecule has 5 nitrogen and oxygen atoms in total. The van der Waals surface area contributed by atoms with Crippen molar-refractivity contribution in [3.8, 4) is 0 Å². The van der Waals surface area contributed by atoms with Gasteiger partial charge >= 0.3 is 0 Å². The third-order valence-corrected chi connectivity index (χ3v) is 2.69. The van der Waals surface area contributed by atoms with Crippen molar-refractivity contribution in [1.82, 2.24) is 5.32 Å². The highest BCUT2D eigenvalue weighted by Gasteiger charge is 2.04. The van der Waals surface area contributed by atoms with Crippen molar-refractivity contribution in [1.29, 1.82) is 0 Å². The molecule has 0 amide bonds. The molecular formula is C14H20IN3O2. The topological polar surface area (TPSA) is 72.8 Å². The maximum atomic E-state index is 5.79. The van der Waals surface area contributed by atoms with E-state index in [1.54, 1.807) is 7.11 Å². The molecule has 20 heavy (non-hydrogen) atoms. The van der Waals surface area contributed by atoms with Crippen LogP contribution in [-0.2, 0) is 11.3 Å². The van der Waals surface area contributed by atoms with Gasteiger partial charge < -0.3 is 20.2 Å². The first-order chi connectivity index (χ1) is 9.19. The summed E-state index contributed by atoms with van der Waals surface area (Å²) in [6, 6.07) is 9.97. The van der Waals surface area contributed by atoms with Crippen molar-refractivity contribution < 1.29 is 9.15 Å². The zero-order chi connectivity index (χ0) is 13.7. The van der Waals surface area contributed by atoms with Crippen molar-refractivity contribution in [3.05, 3.63) is 36.1 Å². The number of ether oxygens (including phenoxy) is 1. The van der Waals surface area contributed by atoms with Crippen LogP contribution in [0.1, 0.15) is 12.7 Å². The minimum Gasteiger partial charge on any atom is -0.459 e. The van der Waals surface area contributed by atoms with Gasteiger partial charge in [0.2, 0.25) is 0 Å². The molecule has 0 aliphatic rings. The SMILES string of the molecule is COCC(C)NC(N)=NCc1cc2ccccc2o1.I. The van der Waals surface area contributed by atoms with Crippen LogP contribution in [0.4, 0.5) is 0 Å². The van der Waals surface area contributed by atoms with Gasteiger partial charge in [-0.2, -0.15) is 0 Å². The Morgan fingerprint density at radius 2 is 2.20 bits per heavy atom. The standard InChI is InChI=1S/C14H19N3O2.HI/c1-10(9-18-2)17-14(15)16-8-12-7-11-5-3-4-6-13(11)19-12;/h3-7,10H,8-9H2,1-2H3,(H3,15,16,17);1H. The first-order valence-corrected chi connectivity index (χ1v) is 6.22. The van der Waals surface area contributed by atoms with E-state index in [1.165, 1.54) is 0 Å². The number of halogens is 1. The number of fused-ring (bicyclic) bond motifs is 1. The van der Waals surface area contributed by atoms with Crippen LogP contribution in [0.5, 0.6) is 0 Å². The number of hydrogen-bond donors (Lipinski definition) is 2. The zero-order valence-electron chi connectivity index (χ0n) is 11.6. The Bertz CT molecular complexity index is 535. The Morgan fingerprint density at radius 1 is 1.45 bits per heavy atom. The fraction of sp³-hybridized carbons (Fsp3) is 0.357. The molecule has 3 N–H and O–H groups in total. The van der Waals surface area contributed by atoms with Crippen LogP contribution in [0.25, 0.3) is 11.0 Å². The molecule has 6 heteroatoms. The number of nitrogens with one attached hydrogen (secondary N) is 1. The van der Waals surface area contributed by atoms with E-state index in [4.69, 9.17) is 14.9 Å². The number of nitrogens with zero attached hydrogens (tertiary/aromatic N) is 1. The molecule has 0 saturated heterocycles. The summed E-state index contributed by atoms with van der Waals surface area (Å²) in [5.74, 6) is 1.19.